The number of hydrogen-bond donors (Lipinski definition) is 0. The molecule has 1 saturated carbocycles. The number of carbonyl (C=O) groups is 1. The highest BCUT2D eigenvalue weighted by atomic mass is 16.1. The summed E-state index contributed by atoms with van der Waals surface area (Å²) in [6.45, 7) is 5.92. The minimum atomic E-state index is 0.129. The third-order valence-corrected chi connectivity index (χ3v) is 3.13. The Bertz CT molecular complexity index is 377. The summed E-state index contributed by atoms with van der Waals surface area (Å²) in [5.41, 5.74) is 1.85. The maximum Gasteiger partial charge on any atom is 0.177 e. The fourth-order valence-corrected chi connectivity index (χ4v) is 1.72. The summed E-state index contributed by atoms with van der Waals surface area (Å²) in [5, 5.41) is 4.56. The number of ketones is 1. The number of hydrogen-bond acceptors (Lipinski definition) is 2. The number of aromatic nitrogens is 2. The molecule has 0 N–H and O–H groups in total. The second kappa shape index (κ2) is 3.80. The second-order valence-corrected chi connectivity index (χ2v) is 4.50. The van der Waals surface area contributed by atoms with E-state index in [2.05, 4.69) is 18.9 Å². The Balaban J connectivity index is 2.35. The maximum atomic E-state index is 11.5. The van der Waals surface area contributed by atoms with E-state index in [0.29, 0.717) is 12.0 Å². The van der Waals surface area contributed by atoms with Crippen molar-refractivity contribution in [1.82, 2.24) is 9.78 Å². The second-order valence-electron chi connectivity index (χ2n) is 4.50. The number of carbonyl (C=O) groups excluding carboxylic acids is 1. The molecule has 3 heteroatoms. The van der Waals surface area contributed by atoms with Crippen LogP contribution in [0.2, 0.25) is 0 Å². The van der Waals surface area contributed by atoms with Gasteiger partial charge in [0.15, 0.2) is 5.78 Å². The fourth-order valence-electron chi connectivity index (χ4n) is 1.72. The van der Waals surface area contributed by atoms with Crippen LogP contribution in [0, 0.1) is 0 Å². The van der Waals surface area contributed by atoms with Gasteiger partial charge in [-0.05, 0) is 31.2 Å². The van der Waals surface area contributed by atoms with Gasteiger partial charge in [-0.1, -0.05) is 13.8 Å². The summed E-state index contributed by atoms with van der Waals surface area (Å²) in [4.78, 5) is 11.5. The molecule has 0 amide bonds. The van der Waals surface area contributed by atoms with E-state index in [0.717, 1.165) is 17.8 Å². The van der Waals surface area contributed by atoms with Crippen LogP contribution in [0.15, 0.2) is 6.07 Å². The van der Waals surface area contributed by atoms with Crippen molar-refractivity contribution in [1.29, 1.82) is 0 Å². The molecule has 0 bridgehead atoms. The lowest BCUT2D eigenvalue weighted by Crippen LogP contribution is -2.06. The topological polar surface area (TPSA) is 34.9 Å². The fraction of sp³-hybridized carbons (Fsp3) is 0.667. The quantitative estimate of drug-likeness (QED) is 0.710. The highest BCUT2D eigenvalue weighted by Crippen LogP contribution is 2.36. The van der Waals surface area contributed by atoms with Gasteiger partial charge in [-0.15, -0.1) is 0 Å². The Morgan fingerprint density at radius 2 is 2.33 bits per heavy atom. The van der Waals surface area contributed by atoms with Gasteiger partial charge in [0.1, 0.15) is 5.69 Å². The molecule has 0 radical (unpaired) electrons. The normalized spacial score (nSPS) is 17.8. The van der Waals surface area contributed by atoms with Crippen LogP contribution >= 0.6 is 0 Å². The van der Waals surface area contributed by atoms with Gasteiger partial charge in [-0.2, -0.15) is 5.10 Å². The van der Waals surface area contributed by atoms with Crippen molar-refractivity contribution >= 4 is 5.78 Å². The van der Waals surface area contributed by atoms with Crippen LogP contribution in [0.4, 0.5) is 0 Å². The Hall–Kier alpha value is -1.12. The Morgan fingerprint density at radius 3 is 2.80 bits per heavy atom. The summed E-state index contributed by atoms with van der Waals surface area (Å²) in [7, 11) is 0. The minimum absolute atomic E-state index is 0.129. The average Bonchev–Trinajstić information content (AvgIpc) is 2.96. The maximum absolute atomic E-state index is 11.5. The average molecular weight is 206 g/mol. The summed E-state index contributed by atoms with van der Waals surface area (Å²) in [6.07, 6.45) is 3.41. The first-order valence-electron chi connectivity index (χ1n) is 5.73. The number of nitrogens with zero attached hydrogens (tertiary/aromatic N) is 2. The van der Waals surface area contributed by atoms with Crippen LogP contribution in [0.25, 0.3) is 0 Å². The third kappa shape index (κ3) is 1.96. The lowest BCUT2D eigenvalue weighted by atomic mass is 10.1. The zero-order valence-corrected chi connectivity index (χ0v) is 9.66. The van der Waals surface area contributed by atoms with Crippen molar-refractivity contribution in [3.63, 3.8) is 0 Å². The van der Waals surface area contributed by atoms with E-state index in [4.69, 9.17) is 0 Å². The molecule has 1 aromatic rings. The van der Waals surface area contributed by atoms with Crippen LogP contribution in [-0.4, -0.2) is 15.6 Å². The summed E-state index contributed by atoms with van der Waals surface area (Å²) < 4.78 is 1.93. The number of Topliss-reactive ketones (excluding diaryl/α,β-unsaturated/α-hetero) is 1. The van der Waals surface area contributed by atoms with Crippen molar-refractivity contribution < 1.29 is 4.79 Å². The molecule has 15 heavy (non-hydrogen) atoms. The molecule has 0 aliphatic heterocycles. The standard InChI is InChI=1S/C12H18N2O/c1-4-8(2)11-7-12(9(3)15)14(13-11)10-5-6-10/h7-8,10H,4-6H2,1-3H3. The lowest BCUT2D eigenvalue weighted by molar-refractivity contribution is 0.100. The molecule has 3 nitrogen and oxygen atoms in total. The first-order valence-corrected chi connectivity index (χ1v) is 5.73. The van der Waals surface area contributed by atoms with Gasteiger partial charge in [0.05, 0.1) is 11.7 Å². The smallest absolute Gasteiger partial charge is 0.177 e. The van der Waals surface area contributed by atoms with Crippen molar-refractivity contribution in [3.8, 4) is 0 Å². The molecule has 1 heterocycles. The molecular weight excluding hydrogens is 188 g/mol. The van der Waals surface area contributed by atoms with Gasteiger partial charge in [-0.25, -0.2) is 0 Å². The van der Waals surface area contributed by atoms with Gasteiger partial charge in [-0.3, -0.25) is 9.48 Å². The summed E-state index contributed by atoms with van der Waals surface area (Å²) in [5.74, 6) is 0.576. The Kier molecular flexibility index (Phi) is 2.63. The summed E-state index contributed by atoms with van der Waals surface area (Å²) in [6, 6.07) is 2.45. The third-order valence-electron chi connectivity index (χ3n) is 3.13. The van der Waals surface area contributed by atoms with Gasteiger partial charge < -0.3 is 0 Å². The van der Waals surface area contributed by atoms with Crippen molar-refractivity contribution in [2.45, 2.75) is 52.0 Å². The molecule has 1 atom stereocenters. The molecule has 2 rings (SSSR count). The van der Waals surface area contributed by atoms with E-state index in [-0.39, 0.29) is 5.78 Å². The largest absolute Gasteiger partial charge is 0.293 e. The highest BCUT2D eigenvalue weighted by molar-refractivity contribution is 5.92. The van der Waals surface area contributed by atoms with Crippen LogP contribution in [0.1, 0.15) is 68.2 Å². The zero-order chi connectivity index (χ0) is 11.0. The van der Waals surface area contributed by atoms with E-state index in [1.54, 1.807) is 6.92 Å². The van der Waals surface area contributed by atoms with Crippen LogP contribution in [-0.2, 0) is 0 Å². The first kappa shape index (κ1) is 10.4. The van der Waals surface area contributed by atoms with Gasteiger partial charge in [0.25, 0.3) is 0 Å². The highest BCUT2D eigenvalue weighted by Gasteiger charge is 2.28. The lowest BCUT2D eigenvalue weighted by Gasteiger charge is -2.03. The van der Waals surface area contributed by atoms with Crippen molar-refractivity contribution in [2.24, 2.45) is 0 Å². The molecule has 0 saturated heterocycles. The van der Waals surface area contributed by atoms with Crippen LogP contribution < -0.4 is 0 Å². The molecule has 1 aliphatic carbocycles. The predicted molar refractivity (Wildman–Crippen MR) is 59.2 cm³/mol. The predicted octanol–water partition coefficient (Wildman–Crippen LogP) is 2.93. The number of rotatable bonds is 4. The first-order chi connectivity index (χ1) is 7.13. The molecule has 1 unspecified atom stereocenters. The van der Waals surface area contributed by atoms with E-state index < -0.39 is 0 Å². The van der Waals surface area contributed by atoms with Crippen LogP contribution in [0.5, 0.6) is 0 Å². The summed E-state index contributed by atoms with van der Waals surface area (Å²) >= 11 is 0. The van der Waals surface area contributed by atoms with Crippen LogP contribution in [0.3, 0.4) is 0 Å². The van der Waals surface area contributed by atoms with E-state index in [9.17, 15) is 4.79 Å². The minimum Gasteiger partial charge on any atom is -0.293 e. The van der Waals surface area contributed by atoms with Gasteiger partial charge in [0.2, 0.25) is 0 Å². The van der Waals surface area contributed by atoms with Crippen molar-refractivity contribution in [3.05, 3.63) is 17.5 Å². The van der Waals surface area contributed by atoms with E-state index >= 15 is 0 Å². The zero-order valence-electron chi connectivity index (χ0n) is 9.66. The molecule has 0 spiro atoms. The van der Waals surface area contributed by atoms with E-state index in [1.165, 1.54) is 12.8 Å². The van der Waals surface area contributed by atoms with E-state index in [1.807, 2.05) is 10.7 Å². The monoisotopic (exact) mass is 206 g/mol. The molecule has 82 valence electrons. The molecule has 1 aromatic heterocycles. The van der Waals surface area contributed by atoms with Gasteiger partial charge in [0, 0.05) is 6.92 Å². The molecular formula is C12H18N2O. The SMILES string of the molecule is CCC(C)c1cc(C(C)=O)n(C2CC2)n1. The van der Waals surface area contributed by atoms with Gasteiger partial charge >= 0.3 is 0 Å². The Labute approximate surface area is 90.5 Å². The molecule has 1 aliphatic rings. The van der Waals surface area contributed by atoms with Crippen molar-refractivity contribution in [2.75, 3.05) is 0 Å². The molecule has 1 fully saturated rings. The molecule has 0 aromatic carbocycles. The Morgan fingerprint density at radius 1 is 1.67 bits per heavy atom.